The van der Waals surface area contributed by atoms with E-state index in [1.807, 2.05) is 4.90 Å². The first-order valence-corrected chi connectivity index (χ1v) is 16.2. The lowest BCUT2D eigenvalue weighted by molar-refractivity contribution is -0.282. The first-order chi connectivity index (χ1) is 21.9. The van der Waals surface area contributed by atoms with Gasteiger partial charge in [-0.3, -0.25) is 9.59 Å². The van der Waals surface area contributed by atoms with Gasteiger partial charge in [0, 0.05) is 29.7 Å². The maximum Gasteiger partial charge on any atom is 0.408 e. The summed E-state index contributed by atoms with van der Waals surface area (Å²) in [6, 6.07) is -1.41. The summed E-state index contributed by atoms with van der Waals surface area (Å²) in [5, 5.41) is 35.7. The number of hydrogen-bond donors (Lipinski definition) is 4. The summed E-state index contributed by atoms with van der Waals surface area (Å²) in [5.74, 6) is -7.23. The van der Waals surface area contributed by atoms with Crippen LogP contribution in [0.25, 0.3) is 0 Å². The smallest absolute Gasteiger partial charge is 0.408 e. The number of amides is 1. The van der Waals surface area contributed by atoms with Crippen LogP contribution in [0.3, 0.4) is 0 Å². The molecular formula is C32H52N2O13. The molecule has 3 aliphatic heterocycles. The van der Waals surface area contributed by atoms with Crippen LogP contribution in [-0.2, 0) is 42.9 Å². The van der Waals surface area contributed by atoms with Crippen molar-refractivity contribution >= 4 is 29.9 Å². The van der Waals surface area contributed by atoms with E-state index in [0.717, 1.165) is 0 Å². The second kappa shape index (κ2) is 15.3. The van der Waals surface area contributed by atoms with Crippen molar-refractivity contribution in [1.29, 1.82) is 0 Å². The molecule has 0 aromatic heterocycles. The van der Waals surface area contributed by atoms with Crippen LogP contribution in [0.4, 0.5) is 4.79 Å². The monoisotopic (exact) mass is 672 g/mol. The number of aliphatic hydroxyl groups excluding tert-OH is 2. The lowest BCUT2D eigenvalue weighted by Gasteiger charge is -2.45. The number of fused-ring (bicyclic) bond motifs is 1. The van der Waals surface area contributed by atoms with Crippen molar-refractivity contribution in [2.24, 2.45) is 23.7 Å². The Hall–Kier alpha value is -2.53. The van der Waals surface area contributed by atoms with Crippen LogP contribution in [0.1, 0.15) is 61.3 Å². The number of alkyl carbamates (subject to hydrolysis) is 1. The normalized spacial score (nSPS) is 43.9. The number of nitrogens with zero attached hydrogens (tertiary/aromatic N) is 1. The average molecular weight is 673 g/mol. The fraction of sp³-hybridized carbons (Fsp3) is 0.844. The summed E-state index contributed by atoms with van der Waals surface area (Å²) in [7, 11) is 3.58. The molecule has 15 heteroatoms. The number of Topliss-reactive ketones (excluding diaryl/α,β-unsaturated/α-hetero) is 2. The summed E-state index contributed by atoms with van der Waals surface area (Å²) in [6.45, 7) is 9.29. The second-order valence-electron chi connectivity index (χ2n) is 13.6. The van der Waals surface area contributed by atoms with E-state index < -0.39 is 103 Å². The third-order valence-electron chi connectivity index (χ3n) is 10.2. The van der Waals surface area contributed by atoms with Crippen molar-refractivity contribution in [3.05, 3.63) is 0 Å². The van der Waals surface area contributed by atoms with Crippen LogP contribution in [-0.4, -0.2) is 138 Å². The lowest BCUT2D eigenvalue weighted by Crippen LogP contribution is -2.62. The number of ether oxygens (including phenoxy) is 5. The maximum atomic E-state index is 14.2. The number of ketones is 2. The Morgan fingerprint density at radius 1 is 1.04 bits per heavy atom. The molecule has 3 aliphatic rings. The highest BCUT2D eigenvalue weighted by atomic mass is 16.7. The molecule has 1 amide bonds. The Labute approximate surface area is 275 Å². The molecule has 0 radical (unpaired) electrons. The second-order valence-corrected chi connectivity index (χ2v) is 13.6. The molecule has 3 fully saturated rings. The van der Waals surface area contributed by atoms with Crippen molar-refractivity contribution in [3.8, 4) is 0 Å². The standard InChI is InChI=1S/C32H52N2O13/c1-10-21-31(7)26(33-30(41)47-31)17(4)22(37)16(3)24(43-12-11-35)18(5)25(19(6)27(39)32(42,14-36)29(40)45-21)46-28-23(38)20(34(8)9)13-15(2)44-28/h11,15-21,23-26,28,36,38,42H,10,12-14H2,1-9H3,(H,33,41)/t15-,16+,17+,18+,19-,20+,21-,23-,24+,25+,26?,28+,31-,32?/m1/s1. The highest BCUT2D eigenvalue weighted by Crippen LogP contribution is 2.39. The van der Waals surface area contributed by atoms with Gasteiger partial charge in [-0.25, -0.2) is 9.59 Å². The molecule has 268 valence electrons. The van der Waals surface area contributed by atoms with E-state index in [9.17, 15) is 39.3 Å². The minimum Gasteiger partial charge on any atom is -0.455 e. The SMILES string of the molecule is CC[C@H]1OC(=O)C(O)(CO)C(=O)[C@H](C)[C@@H](O[C@@H]2O[C@H](C)C[C@H](N(C)C)[C@H]2O)[C@@H](C)[C@@H](OCC=O)[C@@H](C)C(=O)[C@H](C)C2NC(=O)O[C@@]21C. The summed E-state index contributed by atoms with van der Waals surface area (Å²) in [5.41, 5.74) is -4.69. The molecule has 47 heavy (non-hydrogen) atoms. The van der Waals surface area contributed by atoms with E-state index in [-0.39, 0.29) is 24.3 Å². The summed E-state index contributed by atoms with van der Waals surface area (Å²) < 4.78 is 29.5. The molecule has 15 nitrogen and oxygen atoms in total. The number of rotatable bonds is 8. The number of aldehydes is 1. The molecule has 2 unspecified atom stereocenters. The van der Waals surface area contributed by atoms with Crippen molar-refractivity contribution < 1.29 is 63.0 Å². The predicted octanol–water partition coefficient (Wildman–Crippen LogP) is -0.00980. The van der Waals surface area contributed by atoms with Gasteiger partial charge in [-0.15, -0.1) is 0 Å². The zero-order valence-corrected chi connectivity index (χ0v) is 28.7. The van der Waals surface area contributed by atoms with Crippen LogP contribution in [0.5, 0.6) is 0 Å². The lowest BCUT2D eigenvalue weighted by atomic mass is 9.73. The summed E-state index contributed by atoms with van der Waals surface area (Å²) in [6.07, 6.45) is -6.30. The van der Waals surface area contributed by atoms with Gasteiger partial charge in [0.2, 0.25) is 5.60 Å². The van der Waals surface area contributed by atoms with Gasteiger partial charge < -0.3 is 54.0 Å². The van der Waals surface area contributed by atoms with Crippen LogP contribution in [0.15, 0.2) is 0 Å². The van der Waals surface area contributed by atoms with Crippen molar-refractivity contribution in [3.63, 3.8) is 0 Å². The van der Waals surface area contributed by atoms with E-state index >= 15 is 0 Å². The molecule has 0 aromatic rings. The highest BCUT2D eigenvalue weighted by Gasteiger charge is 2.59. The van der Waals surface area contributed by atoms with Gasteiger partial charge >= 0.3 is 12.1 Å². The third-order valence-corrected chi connectivity index (χ3v) is 10.2. The molecule has 0 bridgehead atoms. The van der Waals surface area contributed by atoms with Gasteiger partial charge in [0.25, 0.3) is 0 Å². The van der Waals surface area contributed by atoms with E-state index in [4.69, 9.17) is 23.7 Å². The molecule has 0 aliphatic carbocycles. The average Bonchev–Trinajstić information content (AvgIpc) is 3.35. The van der Waals surface area contributed by atoms with Gasteiger partial charge in [0.05, 0.1) is 31.0 Å². The Morgan fingerprint density at radius 3 is 2.23 bits per heavy atom. The van der Waals surface area contributed by atoms with E-state index in [0.29, 0.717) is 12.7 Å². The number of nitrogens with one attached hydrogen (secondary N) is 1. The third kappa shape index (κ3) is 7.56. The molecular weight excluding hydrogens is 620 g/mol. The molecule has 3 rings (SSSR count). The van der Waals surface area contributed by atoms with Crippen LogP contribution < -0.4 is 5.32 Å². The minimum absolute atomic E-state index is 0.0470. The maximum absolute atomic E-state index is 14.2. The largest absolute Gasteiger partial charge is 0.455 e. The molecule has 4 N–H and O–H groups in total. The highest BCUT2D eigenvalue weighted by molar-refractivity contribution is 6.08. The number of likely N-dealkylation sites (N-methyl/N-ethyl adjacent to an activating group) is 1. The summed E-state index contributed by atoms with van der Waals surface area (Å²) in [4.78, 5) is 67.7. The molecule has 14 atom stereocenters. The molecule has 3 saturated heterocycles. The number of hydrogen-bond acceptors (Lipinski definition) is 14. The fourth-order valence-electron chi connectivity index (χ4n) is 7.39. The number of aliphatic hydroxyl groups is 3. The van der Waals surface area contributed by atoms with E-state index in [1.165, 1.54) is 13.8 Å². The number of carbonyl (C=O) groups is 5. The van der Waals surface area contributed by atoms with Crippen LogP contribution in [0, 0.1) is 23.7 Å². The Morgan fingerprint density at radius 2 is 1.68 bits per heavy atom. The van der Waals surface area contributed by atoms with E-state index in [2.05, 4.69) is 5.32 Å². The van der Waals surface area contributed by atoms with Crippen molar-refractivity contribution in [1.82, 2.24) is 10.2 Å². The first-order valence-electron chi connectivity index (χ1n) is 16.2. The Kier molecular flexibility index (Phi) is 12.7. The van der Waals surface area contributed by atoms with Gasteiger partial charge in [0.1, 0.15) is 30.9 Å². The van der Waals surface area contributed by atoms with Crippen molar-refractivity contribution in [2.45, 2.75) is 121 Å². The minimum atomic E-state index is -3.07. The number of carbonyl (C=O) groups excluding carboxylic acids is 5. The van der Waals surface area contributed by atoms with Crippen molar-refractivity contribution in [2.75, 3.05) is 27.3 Å². The van der Waals surface area contributed by atoms with E-state index in [1.54, 1.807) is 48.7 Å². The Balaban J connectivity index is 2.20. The Bertz CT molecular complexity index is 1170. The first kappa shape index (κ1) is 38.9. The van der Waals surface area contributed by atoms with Crippen LogP contribution >= 0.6 is 0 Å². The quantitative estimate of drug-likeness (QED) is 0.152. The molecule has 0 spiro atoms. The van der Waals surface area contributed by atoms with Gasteiger partial charge in [-0.05, 0) is 40.8 Å². The summed E-state index contributed by atoms with van der Waals surface area (Å²) >= 11 is 0. The van der Waals surface area contributed by atoms with Gasteiger partial charge in [-0.2, -0.15) is 0 Å². The zero-order valence-electron chi connectivity index (χ0n) is 28.7. The topological polar surface area (TPSA) is 207 Å². The van der Waals surface area contributed by atoms with Crippen LogP contribution in [0.2, 0.25) is 0 Å². The predicted molar refractivity (Wildman–Crippen MR) is 164 cm³/mol. The number of cyclic esters (lactones) is 1. The zero-order chi connectivity index (χ0) is 35.6. The molecule has 0 aromatic carbocycles. The molecule has 3 heterocycles. The van der Waals surface area contributed by atoms with Gasteiger partial charge in [0.15, 0.2) is 17.7 Å². The molecule has 0 saturated carbocycles. The van der Waals surface area contributed by atoms with Gasteiger partial charge in [-0.1, -0.05) is 34.6 Å². The number of esters is 1. The fourth-order valence-corrected chi connectivity index (χ4v) is 7.39.